The van der Waals surface area contributed by atoms with Gasteiger partial charge in [0.2, 0.25) is 6.79 Å². The van der Waals surface area contributed by atoms with Crippen LogP contribution in [-0.2, 0) is 16.3 Å². The Morgan fingerprint density at radius 3 is 2.75 bits per heavy atom. The molecule has 0 fully saturated rings. The summed E-state index contributed by atoms with van der Waals surface area (Å²) in [4.78, 5) is 20.3. The van der Waals surface area contributed by atoms with Crippen molar-refractivity contribution >= 4 is 31.7 Å². The van der Waals surface area contributed by atoms with Gasteiger partial charge in [0.25, 0.3) is 0 Å². The first-order valence-electron chi connectivity index (χ1n) is 8.54. The highest BCUT2D eigenvalue weighted by atomic mass is 32.2. The molecule has 0 aliphatic carbocycles. The zero-order valence-corrected chi connectivity index (χ0v) is 15.7. The number of ether oxygens (including phenoxy) is 2. The maximum absolute atomic E-state index is 12.6. The number of pyridine rings is 1. The average Bonchev–Trinajstić information content (AvgIpc) is 3.26. The quantitative estimate of drug-likeness (QED) is 0.553. The fourth-order valence-corrected chi connectivity index (χ4v) is 4.12. The minimum Gasteiger partial charge on any atom is -0.454 e. The SMILES string of the molecule is C[S@](=N)(=O)c1ccc(Cn2c(=O)[nH]c3cnc4c5c(ccc4c32)OCO5)cc1. The zero-order chi connectivity index (χ0) is 19.5. The molecule has 2 N–H and O–H groups in total. The van der Waals surface area contributed by atoms with Crippen LogP contribution in [0, 0.1) is 4.78 Å². The predicted octanol–water partition coefficient (Wildman–Crippen LogP) is 2.69. The lowest BCUT2D eigenvalue weighted by Gasteiger charge is -2.08. The Morgan fingerprint density at radius 2 is 2.00 bits per heavy atom. The van der Waals surface area contributed by atoms with Gasteiger partial charge in [0, 0.05) is 16.5 Å². The highest BCUT2D eigenvalue weighted by Gasteiger charge is 2.21. The van der Waals surface area contributed by atoms with Gasteiger partial charge in [0.05, 0.1) is 33.5 Å². The van der Waals surface area contributed by atoms with Crippen LogP contribution in [0.15, 0.2) is 52.3 Å². The standard InChI is InChI=1S/C19H16N4O4S/c1-28(20,25)12-4-2-11(3-5-12)9-23-17-13-6-7-15-18(27-10-26-15)16(13)21-8-14(17)22-19(23)24/h2-8,20H,9-10H2,1H3,(H,22,24)/t28-/m0/s1. The van der Waals surface area contributed by atoms with E-state index in [1.807, 2.05) is 12.1 Å². The van der Waals surface area contributed by atoms with E-state index in [1.54, 1.807) is 35.0 Å². The average molecular weight is 396 g/mol. The molecule has 1 aliphatic heterocycles. The number of hydrogen-bond acceptors (Lipinski definition) is 6. The lowest BCUT2D eigenvalue weighted by atomic mass is 10.1. The second kappa shape index (κ2) is 5.83. The molecule has 0 bridgehead atoms. The van der Waals surface area contributed by atoms with Crippen LogP contribution in [0.1, 0.15) is 5.56 Å². The van der Waals surface area contributed by atoms with Crippen LogP contribution in [0.25, 0.3) is 21.9 Å². The predicted molar refractivity (Wildman–Crippen MR) is 105 cm³/mol. The topological polar surface area (TPSA) is 110 Å². The molecule has 28 heavy (non-hydrogen) atoms. The lowest BCUT2D eigenvalue weighted by Crippen LogP contribution is -2.17. The van der Waals surface area contributed by atoms with E-state index in [9.17, 15) is 9.00 Å². The highest BCUT2D eigenvalue weighted by molar-refractivity contribution is 7.91. The van der Waals surface area contributed by atoms with Crippen LogP contribution in [-0.4, -0.2) is 31.8 Å². The lowest BCUT2D eigenvalue weighted by molar-refractivity contribution is 0.174. The Labute approximate surface area is 159 Å². The number of imidazole rings is 1. The maximum Gasteiger partial charge on any atom is 0.326 e. The van der Waals surface area contributed by atoms with Gasteiger partial charge < -0.3 is 14.5 Å². The van der Waals surface area contributed by atoms with E-state index in [-0.39, 0.29) is 12.5 Å². The van der Waals surface area contributed by atoms with Crippen molar-refractivity contribution in [1.29, 1.82) is 4.78 Å². The molecule has 5 rings (SSSR count). The summed E-state index contributed by atoms with van der Waals surface area (Å²) in [5.41, 5.74) is 2.63. The third kappa shape index (κ3) is 2.55. The first-order valence-corrected chi connectivity index (χ1v) is 10.5. The second-order valence-electron chi connectivity index (χ2n) is 6.72. The third-order valence-electron chi connectivity index (χ3n) is 4.82. The monoisotopic (exact) mass is 396 g/mol. The molecule has 3 heterocycles. The van der Waals surface area contributed by atoms with Gasteiger partial charge in [-0.05, 0) is 29.8 Å². The Hall–Kier alpha value is -3.33. The molecule has 1 atom stereocenters. The van der Waals surface area contributed by atoms with Gasteiger partial charge in [-0.3, -0.25) is 4.57 Å². The van der Waals surface area contributed by atoms with Crippen LogP contribution < -0.4 is 15.2 Å². The smallest absolute Gasteiger partial charge is 0.326 e. The molecule has 0 radical (unpaired) electrons. The number of H-pyrrole nitrogens is 1. The van der Waals surface area contributed by atoms with E-state index in [1.165, 1.54) is 6.26 Å². The summed E-state index contributed by atoms with van der Waals surface area (Å²) < 4.78 is 32.1. The first-order chi connectivity index (χ1) is 13.4. The molecule has 9 heteroatoms. The van der Waals surface area contributed by atoms with Crippen LogP contribution >= 0.6 is 0 Å². The van der Waals surface area contributed by atoms with Crippen molar-refractivity contribution in [2.45, 2.75) is 11.4 Å². The van der Waals surface area contributed by atoms with Crippen molar-refractivity contribution in [2.24, 2.45) is 0 Å². The van der Waals surface area contributed by atoms with Gasteiger partial charge in [-0.15, -0.1) is 0 Å². The van der Waals surface area contributed by atoms with Gasteiger partial charge in [-0.1, -0.05) is 12.1 Å². The second-order valence-corrected chi connectivity index (χ2v) is 8.88. The summed E-state index contributed by atoms with van der Waals surface area (Å²) in [5, 5.41) is 0.791. The van der Waals surface area contributed by atoms with E-state index in [0.717, 1.165) is 16.5 Å². The van der Waals surface area contributed by atoms with Crippen molar-refractivity contribution in [1.82, 2.24) is 14.5 Å². The minimum absolute atomic E-state index is 0.150. The molecule has 1 aliphatic rings. The van der Waals surface area contributed by atoms with Crippen molar-refractivity contribution < 1.29 is 13.7 Å². The van der Waals surface area contributed by atoms with E-state index in [2.05, 4.69) is 9.97 Å². The first kappa shape index (κ1) is 16.8. The number of aromatic amines is 1. The van der Waals surface area contributed by atoms with E-state index >= 15 is 0 Å². The van der Waals surface area contributed by atoms with Crippen LogP contribution in [0.2, 0.25) is 0 Å². The number of benzene rings is 2. The molecule has 8 nitrogen and oxygen atoms in total. The Morgan fingerprint density at radius 1 is 1.21 bits per heavy atom. The van der Waals surface area contributed by atoms with Gasteiger partial charge in [-0.2, -0.15) is 0 Å². The molecule has 0 saturated heterocycles. The molecule has 142 valence electrons. The molecular formula is C19H16N4O4S. The Balaban J connectivity index is 1.67. The van der Waals surface area contributed by atoms with E-state index < -0.39 is 9.73 Å². The van der Waals surface area contributed by atoms with E-state index in [4.69, 9.17) is 14.3 Å². The van der Waals surface area contributed by atoms with E-state index in [0.29, 0.717) is 34.0 Å². The van der Waals surface area contributed by atoms with Crippen molar-refractivity contribution in [3.05, 3.63) is 58.6 Å². The number of fused-ring (bicyclic) bond motifs is 5. The number of rotatable bonds is 3. The molecule has 0 unspecified atom stereocenters. The number of aromatic nitrogens is 3. The van der Waals surface area contributed by atoms with Crippen LogP contribution in [0.5, 0.6) is 11.5 Å². The van der Waals surface area contributed by atoms with Gasteiger partial charge >= 0.3 is 5.69 Å². The largest absolute Gasteiger partial charge is 0.454 e. The fraction of sp³-hybridized carbons (Fsp3) is 0.158. The van der Waals surface area contributed by atoms with Crippen molar-refractivity contribution in [2.75, 3.05) is 13.0 Å². The summed E-state index contributed by atoms with van der Waals surface area (Å²) in [6.07, 6.45) is 3.00. The Bertz CT molecular complexity index is 1400. The van der Waals surface area contributed by atoms with Gasteiger partial charge in [-0.25, -0.2) is 18.8 Å². The van der Waals surface area contributed by atoms with Gasteiger partial charge in [0.15, 0.2) is 11.5 Å². The summed E-state index contributed by atoms with van der Waals surface area (Å²) in [6, 6.07) is 10.6. The number of hydrogen-bond donors (Lipinski definition) is 2. The summed E-state index contributed by atoms with van der Waals surface area (Å²) >= 11 is 0. The third-order valence-corrected chi connectivity index (χ3v) is 5.99. The van der Waals surface area contributed by atoms with Crippen LogP contribution in [0.4, 0.5) is 0 Å². The van der Waals surface area contributed by atoms with Crippen LogP contribution in [0.3, 0.4) is 0 Å². The molecule has 0 spiro atoms. The fourth-order valence-electron chi connectivity index (χ4n) is 3.47. The molecule has 0 saturated carbocycles. The van der Waals surface area contributed by atoms with Gasteiger partial charge in [0.1, 0.15) is 5.52 Å². The highest BCUT2D eigenvalue weighted by Crippen LogP contribution is 2.39. The Kier molecular flexibility index (Phi) is 3.50. The molecule has 4 aromatic rings. The number of nitrogens with one attached hydrogen (secondary N) is 2. The normalized spacial score (nSPS) is 15.2. The molecule has 2 aromatic carbocycles. The van der Waals surface area contributed by atoms with Crippen molar-refractivity contribution in [3.63, 3.8) is 0 Å². The number of nitrogens with zero attached hydrogens (tertiary/aromatic N) is 2. The maximum atomic E-state index is 12.6. The molecule has 2 aromatic heterocycles. The molecular weight excluding hydrogens is 380 g/mol. The summed E-state index contributed by atoms with van der Waals surface area (Å²) in [6.45, 7) is 0.479. The summed E-state index contributed by atoms with van der Waals surface area (Å²) in [5.74, 6) is 1.22. The van der Waals surface area contributed by atoms with Crippen molar-refractivity contribution in [3.8, 4) is 11.5 Å². The minimum atomic E-state index is -2.77. The molecule has 0 amide bonds. The zero-order valence-electron chi connectivity index (χ0n) is 14.9. The summed E-state index contributed by atoms with van der Waals surface area (Å²) in [7, 11) is -2.77.